The predicted molar refractivity (Wildman–Crippen MR) is 153 cm³/mol. The maximum Gasteiger partial charge on any atom is 0.216 e. The van der Waals surface area contributed by atoms with Crippen molar-refractivity contribution in [2.75, 3.05) is 11.5 Å². The first-order chi connectivity index (χ1) is 17.8. The van der Waals surface area contributed by atoms with Crippen LogP contribution in [0.1, 0.15) is 42.3 Å². The second kappa shape index (κ2) is 10.0. The minimum absolute atomic E-state index is 0.0622. The van der Waals surface area contributed by atoms with E-state index in [9.17, 15) is 21.9 Å². The zero-order valence-electron chi connectivity index (χ0n) is 20.8. The average Bonchev–Trinajstić information content (AvgIpc) is 3.46. The number of thiophene rings is 1. The van der Waals surface area contributed by atoms with Crippen molar-refractivity contribution in [1.82, 2.24) is 9.71 Å². The minimum atomic E-state index is -3.99. The van der Waals surface area contributed by atoms with Crippen molar-refractivity contribution in [3.63, 3.8) is 0 Å². The van der Waals surface area contributed by atoms with Crippen molar-refractivity contribution < 1.29 is 21.9 Å². The predicted octanol–water partition coefficient (Wildman–Crippen LogP) is 5.04. The first-order valence-electron chi connectivity index (χ1n) is 12.0. The summed E-state index contributed by atoms with van der Waals surface area (Å²) in [7, 11) is -7.38. The number of hydrogen-bond donors (Lipinski definition) is 2. The largest absolute Gasteiger partial charge is 0.386 e. The summed E-state index contributed by atoms with van der Waals surface area (Å²) in [6.45, 7) is 3.43. The van der Waals surface area contributed by atoms with Crippen molar-refractivity contribution in [3.8, 4) is 11.3 Å². The highest BCUT2D eigenvalue weighted by Crippen LogP contribution is 2.40. The third kappa shape index (κ3) is 5.52. The van der Waals surface area contributed by atoms with E-state index in [4.69, 9.17) is 11.6 Å². The molecule has 2 N–H and O–H groups in total. The average molecular weight is 591 g/mol. The molecule has 5 rings (SSSR count). The molecule has 0 spiro atoms. The molecule has 1 saturated heterocycles. The van der Waals surface area contributed by atoms with Crippen molar-refractivity contribution in [2.45, 2.75) is 37.2 Å². The van der Waals surface area contributed by atoms with E-state index < -0.39 is 42.5 Å². The summed E-state index contributed by atoms with van der Waals surface area (Å²) in [5.74, 6) is -0.532. The fourth-order valence-electron chi connectivity index (χ4n) is 4.64. The lowest BCUT2D eigenvalue weighted by Crippen LogP contribution is -2.37. The molecule has 3 heterocycles. The Morgan fingerprint density at radius 3 is 2.58 bits per heavy atom. The van der Waals surface area contributed by atoms with Crippen molar-refractivity contribution in [1.29, 1.82) is 0 Å². The molecule has 0 saturated carbocycles. The molecule has 38 heavy (non-hydrogen) atoms. The Hall–Kier alpha value is -2.34. The Morgan fingerprint density at radius 1 is 1.13 bits per heavy atom. The van der Waals surface area contributed by atoms with Crippen LogP contribution < -0.4 is 4.72 Å². The van der Waals surface area contributed by atoms with Crippen molar-refractivity contribution >= 4 is 52.9 Å². The van der Waals surface area contributed by atoms with Gasteiger partial charge in [-0.25, -0.2) is 21.6 Å². The van der Waals surface area contributed by atoms with Crippen LogP contribution in [0, 0.1) is 0 Å². The molecule has 4 aromatic rings. The Kier molecular flexibility index (Phi) is 7.17. The Balaban J connectivity index is 1.61. The smallest absolute Gasteiger partial charge is 0.216 e. The van der Waals surface area contributed by atoms with Gasteiger partial charge in [0, 0.05) is 26.4 Å². The fraction of sp³-hybridized carbons (Fsp3) is 0.296. The summed E-state index contributed by atoms with van der Waals surface area (Å²) < 4.78 is 54.5. The van der Waals surface area contributed by atoms with Gasteiger partial charge in [0.15, 0.2) is 9.84 Å². The maximum atomic E-state index is 13.4. The number of benzene rings is 2. The summed E-state index contributed by atoms with van der Waals surface area (Å²) >= 11 is 7.95. The summed E-state index contributed by atoms with van der Waals surface area (Å²) in [6.07, 6.45) is 1.72. The van der Waals surface area contributed by atoms with E-state index in [2.05, 4.69) is 9.71 Å². The van der Waals surface area contributed by atoms with Gasteiger partial charge in [0.25, 0.3) is 0 Å². The topological polar surface area (TPSA) is 113 Å². The molecule has 2 atom stereocenters. The van der Waals surface area contributed by atoms with E-state index in [1.807, 2.05) is 30.3 Å². The number of sulfone groups is 1. The van der Waals surface area contributed by atoms with Gasteiger partial charge in [-0.15, -0.1) is 11.3 Å². The quantitative estimate of drug-likeness (QED) is 0.312. The molecule has 2 aromatic carbocycles. The number of pyridine rings is 1. The van der Waals surface area contributed by atoms with Crippen LogP contribution in [0.4, 0.5) is 0 Å². The molecule has 200 valence electrons. The SMILES string of the molecule is CC(C)(O)c1ccnc(-c2cccc3cc(C(NS(=O)(=O)C4CCS(=O)(=O)C4)c4ccccc4Cl)sc23)c1. The maximum absolute atomic E-state index is 13.4. The summed E-state index contributed by atoms with van der Waals surface area (Å²) in [5, 5.41) is 10.8. The first-order valence-corrected chi connectivity index (χ1v) is 16.6. The monoisotopic (exact) mass is 590 g/mol. The molecule has 1 fully saturated rings. The number of aromatic nitrogens is 1. The van der Waals surface area contributed by atoms with Crippen LogP contribution in [-0.2, 0) is 25.5 Å². The Morgan fingerprint density at radius 2 is 1.89 bits per heavy atom. The van der Waals surface area contributed by atoms with E-state index in [-0.39, 0.29) is 12.2 Å². The van der Waals surface area contributed by atoms with Crippen LogP contribution in [0.15, 0.2) is 66.9 Å². The van der Waals surface area contributed by atoms with Crippen LogP contribution in [0.3, 0.4) is 0 Å². The zero-order chi connectivity index (χ0) is 27.3. The van der Waals surface area contributed by atoms with Crippen LogP contribution in [0.5, 0.6) is 0 Å². The zero-order valence-corrected chi connectivity index (χ0v) is 24.0. The van der Waals surface area contributed by atoms with Gasteiger partial charge >= 0.3 is 0 Å². The van der Waals surface area contributed by atoms with E-state index in [1.165, 1.54) is 11.3 Å². The van der Waals surface area contributed by atoms with Gasteiger partial charge in [0.05, 0.1) is 34.1 Å². The van der Waals surface area contributed by atoms with Gasteiger partial charge in [-0.05, 0) is 61.0 Å². The van der Waals surface area contributed by atoms with Crippen LogP contribution in [-0.4, -0.2) is 43.7 Å². The molecular formula is C27H27ClN2O5S3. The number of rotatable bonds is 7. The van der Waals surface area contributed by atoms with Crippen LogP contribution in [0.25, 0.3) is 21.3 Å². The third-order valence-electron chi connectivity index (χ3n) is 6.72. The van der Waals surface area contributed by atoms with Gasteiger partial charge in [-0.1, -0.05) is 48.0 Å². The summed E-state index contributed by atoms with van der Waals surface area (Å²) in [4.78, 5) is 5.24. The molecule has 0 bridgehead atoms. The number of nitrogens with one attached hydrogen (secondary N) is 1. The number of sulfonamides is 1. The number of halogens is 1. The molecule has 11 heteroatoms. The molecule has 1 aliphatic rings. The molecule has 1 aliphatic heterocycles. The van der Waals surface area contributed by atoms with E-state index >= 15 is 0 Å². The Labute approximate surface area is 231 Å². The van der Waals surface area contributed by atoms with Gasteiger partial charge in [0.1, 0.15) is 0 Å². The molecule has 0 radical (unpaired) electrons. The highest BCUT2D eigenvalue weighted by molar-refractivity contribution is 7.95. The molecule has 7 nitrogen and oxygen atoms in total. The van der Waals surface area contributed by atoms with E-state index in [1.54, 1.807) is 50.4 Å². The lowest BCUT2D eigenvalue weighted by atomic mass is 9.97. The van der Waals surface area contributed by atoms with Crippen molar-refractivity contribution in [3.05, 3.63) is 87.9 Å². The second-order valence-corrected chi connectivity index (χ2v) is 15.7. The fourth-order valence-corrected chi connectivity index (χ4v) is 10.4. The standard InChI is InChI=1S/C27H27ClN2O5S3/c1-27(2,31)18-10-12-29-23(15-18)21-8-5-6-17-14-24(36-26(17)21)25(20-7-3-4-9-22(20)28)30-38(34,35)19-11-13-37(32,33)16-19/h3-10,12,14-15,19,25,30-31H,11,13,16H2,1-2H3. The van der Waals surface area contributed by atoms with Gasteiger partial charge in [-0.3, -0.25) is 4.98 Å². The van der Waals surface area contributed by atoms with Gasteiger partial charge in [-0.2, -0.15) is 0 Å². The number of aliphatic hydroxyl groups is 1. The highest BCUT2D eigenvalue weighted by Gasteiger charge is 2.39. The number of hydrogen-bond acceptors (Lipinski definition) is 7. The molecule has 0 amide bonds. The lowest BCUT2D eigenvalue weighted by molar-refractivity contribution is 0.0785. The van der Waals surface area contributed by atoms with Gasteiger partial charge < -0.3 is 5.11 Å². The van der Waals surface area contributed by atoms with Crippen LogP contribution >= 0.6 is 22.9 Å². The molecular weight excluding hydrogens is 564 g/mol. The van der Waals surface area contributed by atoms with Crippen LogP contribution in [0.2, 0.25) is 5.02 Å². The normalized spacial score (nSPS) is 18.6. The summed E-state index contributed by atoms with van der Waals surface area (Å²) in [5.41, 5.74) is 1.81. The number of fused-ring (bicyclic) bond motifs is 1. The van der Waals surface area contributed by atoms with E-state index in [0.29, 0.717) is 21.2 Å². The minimum Gasteiger partial charge on any atom is -0.386 e. The lowest BCUT2D eigenvalue weighted by Gasteiger charge is -2.21. The molecule has 0 aliphatic carbocycles. The van der Waals surface area contributed by atoms with E-state index in [0.717, 1.165) is 21.2 Å². The van der Waals surface area contributed by atoms with Gasteiger partial charge in [0.2, 0.25) is 10.0 Å². The Bertz CT molecular complexity index is 1730. The molecule has 2 aromatic heterocycles. The highest BCUT2D eigenvalue weighted by atomic mass is 35.5. The number of nitrogens with zero attached hydrogens (tertiary/aromatic N) is 1. The molecule has 2 unspecified atom stereocenters. The first kappa shape index (κ1) is 27.2. The summed E-state index contributed by atoms with van der Waals surface area (Å²) in [6, 6.07) is 17.5. The van der Waals surface area contributed by atoms with Crippen molar-refractivity contribution in [2.24, 2.45) is 0 Å². The third-order valence-corrected chi connectivity index (χ3v) is 12.1. The second-order valence-electron chi connectivity index (χ2n) is 10.0.